The third-order valence-electron chi connectivity index (χ3n) is 7.17. The highest BCUT2D eigenvalue weighted by Crippen LogP contribution is 2.25. The first kappa shape index (κ1) is 33.6. The van der Waals surface area contributed by atoms with E-state index in [9.17, 15) is 18.0 Å². The summed E-state index contributed by atoms with van der Waals surface area (Å²) in [5.41, 5.74) is 2.79. The summed E-state index contributed by atoms with van der Waals surface area (Å²) in [6, 6.07) is 31.8. The van der Waals surface area contributed by atoms with Crippen LogP contribution >= 0.6 is 11.6 Å². The van der Waals surface area contributed by atoms with Crippen LogP contribution < -0.4 is 14.4 Å². The molecule has 0 saturated carbocycles. The van der Waals surface area contributed by atoms with E-state index in [1.165, 1.54) is 4.90 Å². The number of nitrogens with zero attached hydrogens (tertiary/aromatic N) is 2. The summed E-state index contributed by atoms with van der Waals surface area (Å²) >= 11 is 6.50. The van der Waals surface area contributed by atoms with Gasteiger partial charge >= 0.3 is 0 Å². The molecule has 10 heteroatoms. The van der Waals surface area contributed by atoms with Gasteiger partial charge in [-0.15, -0.1) is 0 Å². The Bertz CT molecular complexity index is 1650. The number of halogens is 1. The monoisotopic (exact) mass is 647 g/mol. The van der Waals surface area contributed by atoms with Crippen LogP contribution in [-0.4, -0.2) is 50.5 Å². The van der Waals surface area contributed by atoms with Gasteiger partial charge in [-0.25, -0.2) is 8.42 Å². The molecular weight excluding hydrogens is 610 g/mol. The number of anilines is 1. The van der Waals surface area contributed by atoms with Crippen LogP contribution in [0.1, 0.15) is 30.0 Å². The molecule has 0 spiro atoms. The highest BCUT2D eigenvalue weighted by atomic mass is 35.5. The molecule has 2 amide bonds. The van der Waals surface area contributed by atoms with Crippen LogP contribution in [0.4, 0.5) is 5.69 Å². The first-order chi connectivity index (χ1) is 21.7. The van der Waals surface area contributed by atoms with Crippen LogP contribution in [0.15, 0.2) is 109 Å². The molecule has 0 aliphatic carbocycles. The number of carbonyl (C=O) groups is 2. The summed E-state index contributed by atoms with van der Waals surface area (Å²) in [5, 5.41) is 3.36. The van der Waals surface area contributed by atoms with Crippen LogP contribution in [0.2, 0.25) is 5.02 Å². The van der Waals surface area contributed by atoms with Crippen molar-refractivity contribution in [2.75, 3.05) is 23.7 Å². The lowest BCUT2D eigenvalue weighted by Gasteiger charge is -2.33. The van der Waals surface area contributed by atoms with Gasteiger partial charge in [0.15, 0.2) is 0 Å². The Balaban J connectivity index is 1.64. The van der Waals surface area contributed by atoms with E-state index in [1.54, 1.807) is 48.5 Å². The lowest BCUT2D eigenvalue weighted by Crippen LogP contribution is -2.53. The van der Waals surface area contributed by atoms with Crippen molar-refractivity contribution in [3.8, 4) is 5.75 Å². The van der Waals surface area contributed by atoms with E-state index >= 15 is 0 Å². The highest BCUT2D eigenvalue weighted by molar-refractivity contribution is 7.92. The molecule has 0 aromatic heterocycles. The minimum atomic E-state index is -3.90. The van der Waals surface area contributed by atoms with Gasteiger partial charge < -0.3 is 15.0 Å². The first-order valence-electron chi connectivity index (χ1n) is 14.7. The molecular formula is C35H38ClN3O5S. The Hall–Kier alpha value is -4.34. The molecule has 0 radical (unpaired) electrons. The standard InChI is InChI=1S/C35H38ClN3O5S/c1-3-22-37-35(41)33(23-27-12-6-4-7-13-27)38(24-29-16-10-11-17-32(29)36)34(40)25-39(45(2,42)43)30-18-20-31(21-19-30)44-26-28-14-8-5-9-15-28/h4-21,33H,3,22-26H2,1-2H3,(H,37,41)/t33-/m1/s1. The smallest absolute Gasteiger partial charge is 0.244 e. The Kier molecular flexibility index (Phi) is 12.0. The molecule has 4 aromatic rings. The fourth-order valence-corrected chi connectivity index (χ4v) is 5.84. The number of benzene rings is 4. The molecule has 1 N–H and O–H groups in total. The molecule has 0 aliphatic heterocycles. The minimum Gasteiger partial charge on any atom is -0.489 e. The lowest BCUT2D eigenvalue weighted by molar-refractivity contribution is -0.140. The van der Waals surface area contributed by atoms with Crippen LogP contribution in [0.5, 0.6) is 5.75 Å². The van der Waals surface area contributed by atoms with E-state index in [0.29, 0.717) is 35.2 Å². The Labute approximate surface area is 270 Å². The molecule has 0 bridgehead atoms. The second kappa shape index (κ2) is 16.1. The van der Waals surface area contributed by atoms with Crippen molar-refractivity contribution in [1.82, 2.24) is 10.2 Å². The van der Waals surface area contributed by atoms with Crippen LogP contribution in [0.3, 0.4) is 0 Å². The molecule has 4 rings (SSSR count). The molecule has 0 unspecified atom stereocenters. The fourth-order valence-electron chi connectivity index (χ4n) is 4.79. The number of rotatable bonds is 15. The van der Waals surface area contributed by atoms with Gasteiger partial charge in [-0.05, 0) is 53.4 Å². The number of hydrogen-bond acceptors (Lipinski definition) is 5. The minimum absolute atomic E-state index is 0.0133. The summed E-state index contributed by atoms with van der Waals surface area (Å²) in [5.74, 6) is -0.317. The average molecular weight is 648 g/mol. The van der Waals surface area contributed by atoms with E-state index in [0.717, 1.165) is 28.1 Å². The summed E-state index contributed by atoms with van der Waals surface area (Å²) in [4.78, 5) is 29.2. The maximum atomic E-state index is 14.2. The zero-order chi connectivity index (χ0) is 32.2. The number of carbonyl (C=O) groups excluding carboxylic acids is 2. The number of sulfonamides is 1. The Morgan fingerprint density at radius 1 is 0.844 bits per heavy atom. The van der Waals surface area contributed by atoms with E-state index in [1.807, 2.05) is 67.6 Å². The molecule has 4 aromatic carbocycles. The Morgan fingerprint density at radius 2 is 1.44 bits per heavy atom. The van der Waals surface area contributed by atoms with E-state index in [2.05, 4.69) is 5.32 Å². The number of nitrogens with one attached hydrogen (secondary N) is 1. The van der Waals surface area contributed by atoms with Crippen LogP contribution in [0, 0.1) is 0 Å². The zero-order valence-corrected chi connectivity index (χ0v) is 27.0. The van der Waals surface area contributed by atoms with E-state index < -0.39 is 28.5 Å². The molecule has 0 fully saturated rings. The second-order valence-electron chi connectivity index (χ2n) is 10.6. The van der Waals surface area contributed by atoms with Gasteiger partial charge in [-0.2, -0.15) is 0 Å². The largest absolute Gasteiger partial charge is 0.489 e. The van der Waals surface area contributed by atoms with Gasteiger partial charge in [0.25, 0.3) is 0 Å². The average Bonchev–Trinajstić information content (AvgIpc) is 3.04. The summed E-state index contributed by atoms with van der Waals surface area (Å²) in [7, 11) is -3.90. The van der Waals surface area contributed by atoms with Crippen molar-refractivity contribution in [2.24, 2.45) is 0 Å². The van der Waals surface area contributed by atoms with Crippen molar-refractivity contribution in [3.63, 3.8) is 0 Å². The van der Waals surface area contributed by atoms with E-state index in [-0.39, 0.29) is 18.9 Å². The van der Waals surface area contributed by atoms with Gasteiger partial charge in [0, 0.05) is 24.5 Å². The van der Waals surface area contributed by atoms with E-state index in [4.69, 9.17) is 16.3 Å². The molecule has 8 nitrogen and oxygen atoms in total. The lowest BCUT2D eigenvalue weighted by atomic mass is 10.0. The molecule has 45 heavy (non-hydrogen) atoms. The summed E-state index contributed by atoms with van der Waals surface area (Å²) in [6.07, 6.45) is 2.00. The normalized spacial score (nSPS) is 11.8. The number of amides is 2. The van der Waals surface area contributed by atoms with Crippen LogP contribution in [0.25, 0.3) is 0 Å². The van der Waals surface area contributed by atoms with Gasteiger partial charge in [0.2, 0.25) is 21.8 Å². The first-order valence-corrected chi connectivity index (χ1v) is 17.0. The van der Waals surface area contributed by atoms with Gasteiger partial charge in [-0.1, -0.05) is 97.4 Å². The molecule has 236 valence electrons. The van der Waals surface area contributed by atoms with Crippen molar-refractivity contribution >= 4 is 39.1 Å². The maximum absolute atomic E-state index is 14.2. The third-order valence-corrected chi connectivity index (χ3v) is 8.68. The van der Waals surface area contributed by atoms with Crippen molar-refractivity contribution in [1.29, 1.82) is 0 Å². The zero-order valence-electron chi connectivity index (χ0n) is 25.4. The van der Waals surface area contributed by atoms with Crippen molar-refractivity contribution in [3.05, 3.63) is 131 Å². The quantitative estimate of drug-likeness (QED) is 0.175. The fraction of sp³-hybridized carbons (Fsp3) is 0.257. The molecule has 0 heterocycles. The topological polar surface area (TPSA) is 96.0 Å². The summed E-state index contributed by atoms with van der Waals surface area (Å²) < 4.78 is 33.0. The summed E-state index contributed by atoms with van der Waals surface area (Å²) in [6.45, 7) is 2.24. The van der Waals surface area contributed by atoms with Crippen LogP contribution in [-0.2, 0) is 39.2 Å². The van der Waals surface area contributed by atoms with Gasteiger partial charge in [0.05, 0.1) is 11.9 Å². The highest BCUT2D eigenvalue weighted by Gasteiger charge is 2.33. The molecule has 0 aliphatic rings. The number of ether oxygens (including phenoxy) is 1. The maximum Gasteiger partial charge on any atom is 0.244 e. The Morgan fingerprint density at radius 3 is 2.04 bits per heavy atom. The third kappa shape index (κ3) is 9.83. The predicted octanol–water partition coefficient (Wildman–Crippen LogP) is 5.85. The van der Waals surface area contributed by atoms with Crippen molar-refractivity contribution < 1.29 is 22.7 Å². The molecule has 1 atom stereocenters. The predicted molar refractivity (Wildman–Crippen MR) is 179 cm³/mol. The molecule has 0 saturated heterocycles. The van der Waals surface area contributed by atoms with Crippen molar-refractivity contribution in [2.45, 2.75) is 39.0 Å². The SMILES string of the molecule is CCCNC(=O)[C@@H](Cc1ccccc1)N(Cc1ccccc1Cl)C(=O)CN(c1ccc(OCc2ccccc2)cc1)S(C)(=O)=O. The van der Waals surface area contributed by atoms with Gasteiger partial charge in [-0.3, -0.25) is 13.9 Å². The van der Waals surface area contributed by atoms with Gasteiger partial charge in [0.1, 0.15) is 24.9 Å². The number of hydrogen-bond donors (Lipinski definition) is 1. The second-order valence-corrected chi connectivity index (χ2v) is 13.0.